The maximum atomic E-state index is 14.7. The van der Waals surface area contributed by atoms with E-state index in [1.165, 1.54) is 56.9 Å². The number of rotatable bonds is 14. The van der Waals surface area contributed by atoms with Crippen molar-refractivity contribution in [2.24, 2.45) is 5.73 Å². The van der Waals surface area contributed by atoms with Crippen molar-refractivity contribution in [2.45, 2.75) is 59.3 Å². The van der Waals surface area contributed by atoms with Crippen molar-refractivity contribution in [1.82, 2.24) is 34.8 Å². The number of aromatic nitrogens is 6. The second-order valence-corrected chi connectivity index (χ2v) is 19.3. The lowest BCUT2D eigenvalue weighted by molar-refractivity contribution is 0.0956. The number of anilines is 4. The topological polar surface area (TPSA) is 253 Å². The third kappa shape index (κ3) is 14.3. The Morgan fingerprint density at radius 1 is 0.571 bits per heavy atom. The first kappa shape index (κ1) is 55.0. The first-order chi connectivity index (χ1) is 36.6. The molecule has 20 nitrogen and oxygen atoms in total. The highest BCUT2D eigenvalue weighted by atomic mass is 19.1. The molecule has 0 radical (unpaired) electrons. The van der Waals surface area contributed by atoms with Gasteiger partial charge in [-0.2, -0.15) is 10.2 Å². The number of nitrogens with one attached hydrogen (secondary N) is 5. The number of hydrogen-bond donors (Lipinski definition) is 6. The maximum absolute atomic E-state index is 14.7. The van der Waals surface area contributed by atoms with Crippen LogP contribution in [0.3, 0.4) is 0 Å². The minimum atomic E-state index is -0.733. The number of amides is 6. The summed E-state index contributed by atoms with van der Waals surface area (Å²) in [5.41, 5.74) is 9.82. The zero-order valence-corrected chi connectivity index (χ0v) is 44.1. The number of hydrogen-bond acceptors (Lipinski definition) is 12. The zero-order valence-electron chi connectivity index (χ0n) is 44.1. The van der Waals surface area contributed by atoms with E-state index >= 15 is 0 Å². The standard InChI is InChI=1S/C29H32N6O4.C27H27FN6O4/c1-18-8-7-9-19(14-18)35-26(17-25(34-35)29(2,3)4)33-28(37)32-22-11-10-20(16-24(22)38-6)39-21-12-13-31-23(15-21)27(36)30-5;1-27(2,3)23-15-24(34(33-23)17-6-5-7-18(13-17)37-4)32-26(36)31-16-8-9-22(20(28)12-16)38-19-10-11-30-21(14-19)25(29)35/h7-17H,1-6H3,(H,30,36)(H2,32,33,37);5-15H,1-4H3,(H2,29,35)(H2,31,32,36). The smallest absolute Gasteiger partial charge is 0.324 e. The summed E-state index contributed by atoms with van der Waals surface area (Å²) in [5, 5.41) is 23.1. The van der Waals surface area contributed by atoms with Crippen molar-refractivity contribution >= 4 is 46.9 Å². The summed E-state index contributed by atoms with van der Waals surface area (Å²) >= 11 is 0. The van der Waals surface area contributed by atoms with Crippen molar-refractivity contribution in [3.63, 3.8) is 0 Å². The normalized spacial score (nSPS) is 11.1. The first-order valence-electron chi connectivity index (χ1n) is 24.0. The van der Waals surface area contributed by atoms with Crippen LogP contribution in [0.5, 0.6) is 34.5 Å². The number of methoxy groups -OCH3 is 2. The first-order valence-corrected chi connectivity index (χ1v) is 24.0. The van der Waals surface area contributed by atoms with Crippen LogP contribution in [-0.4, -0.2) is 74.7 Å². The molecule has 0 aliphatic rings. The van der Waals surface area contributed by atoms with Crippen LogP contribution in [0.15, 0.2) is 134 Å². The number of pyridine rings is 2. The van der Waals surface area contributed by atoms with E-state index in [2.05, 4.69) is 62.4 Å². The maximum Gasteiger partial charge on any atom is 0.324 e. The average molecular weight is 1050 g/mol. The molecular formula is C56H59FN12O8. The molecule has 0 spiro atoms. The Morgan fingerprint density at radius 2 is 1.14 bits per heavy atom. The zero-order chi connectivity index (χ0) is 55.6. The van der Waals surface area contributed by atoms with E-state index in [0.29, 0.717) is 46.0 Å². The van der Waals surface area contributed by atoms with Crippen LogP contribution in [0.1, 0.15) is 79.5 Å². The monoisotopic (exact) mass is 1050 g/mol. The molecule has 0 unspecified atom stereocenters. The second-order valence-electron chi connectivity index (χ2n) is 19.3. The van der Waals surface area contributed by atoms with Gasteiger partial charge in [-0.05, 0) is 73.2 Å². The van der Waals surface area contributed by atoms with Crippen LogP contribution in [0.25, 0.3) is 11.4 Å². The highest BCUT2D eigenvalue weighted by Gasteiger charge is 2.24. The van der Waals surface area contributed by atoms with Gasteiger partial charge in [-0.1, -0.05) is 59.7 Å². The number of nitrogens with two attached hydrogens (primary N) is 1. The highest BCUT2D eigenvalue weighted by molar-refractivity contribution is 6.01. The summed E-state index contributed by atoms with van der Waals surface area (Å²) in [6.45, 7) is 14.3. The third-order valence-electron chi connectivity index (χ3n) is 11.2. The van der Waals surface area contributed by atoms with Gasteiger partial charge in [0.2, 0.25) is 0 Å². The van der Waals surface area contributed by atoms with Gasteiger partial charge < -0.3 is 40.6 Å². The van der Waals surface area contributed by atoms with Crippen molar-refractivity contribution in [3.8, 4) is 45.9 Å². The van der Waals surface area contributed by atoms with Crippen LogP contribution >= 0.6 is 0 Å². The van der Waals surface area contributed by atoms with Gasteiger partial charge in [-0.3, -0.25) is 30.2 Å². The van der Waals surface area contributed by atoms with E-state index in [9.17, 15) is 23.6 Å². The molecule has 6 amide bonds. The molecule has 4 heterocycles. The Labute approximate surface area is 444 Å². The van der Waals surface area contributed by atoms with Gasteiger partial charge in [-0.25, -0.2) is 23.3 Å². The second kappa shape index (κ2) is 23.6. The predicted octanol–water partition coefficient (Wildman–Crippen LogP) is 10.9. The van der Waals surface area contributed by atoms with Crippen LogP contribution < -0.4 is 51.3 Å². The van der Waals surface area contributed by atoms with Gasteiger partial charge >= 0.3 is 12.1 Å². The molecule has 4 aromatic heterocycles. The number of urea groups is 2. The summed E-state index contributed by atoms with van der Waals surface area (Å²) in [4.78, 5) is 56.9. The van der Waals surface area contributed by atoms with Crippen LogP contribution in [0.4, 0.5) is 37.0 Å². The Bertz CT molecular complexity index is 3450. The van der Waals surface area contributed by atoms with Crippen molar-refractivity contribution in [2.75, 3.05) is 42.5 Å². The minimum absolute atomic E-state index is 0.0133. The van der Waals surface area contributed by atoms with E-state index < -0.39 is 23.8 Å². The number of benzene rings is 4. The molecular weight excluding hydrogens is 988 g/mol. The number of aryl methyl sites for hydroxylation is 1. The van der Waals surface area contributed by atoms with Gasteiger partial charge in [0.25, 0.3) is 11.8 Å². The fourth-order valence-electron chi connectivity index (χ4n) is 7.22. The molecule has 4 aromatic carbocycles. The van der Waals surface area contributed by atoms with Gasteiger partial charge in [-0.15, -0.1) is 0 Å². The fraction of sp³-hybridized carbons (Fsp3) is 0.214. The molecule has 0 atom stereocenters. The molecule has 8 rings (SSSR count). The molecule has 398 valence electrons. The molecule has 0 saturated heterocycles. The Morgan fingerprint density at radius 3 is 1.71 bits per heavy atom. The van der Waals surface area contributed by atoms with Gasteiger partial charge in [0.15, 0.2) is 11.6 Å². The van der Waals surface area contributed by atoms with Crippen LogP contribution in [0, 0.1) is 12.7 Å². The summed E-state index contributed by atoms with van der Waals surface area (Å²) in [6.07, 6.45) is 2.82. The molecule has 21 heteroatoms. The van der Waals surface area contributed by atoms with E-state index in [-0.39, 0.29) is 45.3 Å². The summed E-state index contributed by atoms with van der Waals surface area (Å²) in [5.74, 6) is 1.18. The third-order valence-corrected chi connectivity index (χ3v) is 11.2. The highest BCUT2D eigenvalue weighted by Crippen LogP contribution is 2.34. The number of halogens is 1. The summed E-state index contributed by atoms with van der Waals surface area (Å²) in [7, 11) is 4.60. The molecule has 7 N–H and O–H groups in total. The Hall–Kier alpha value is -9.79. The van der Waals surface area contributed by atoms with Gasteiger partial charge in [0, 0.05) is 78.4 Å². The van der Waals surface area contributed by atoms with Crippen molar-refractivity contribution < 1.29 is 42.5 Å². The molecule has 0 aliphatic carbocycles. The molecule has 0 bridgehead atoms. The SMILES string of the molecule is CNC(=O)c1cc(Oc2ccc(NC(=O)Nc3cc(C(C)(C)C)nn3-c3cccc(C)c3)c(OC)c2)ccn1.COc1cccc(-n2nc(C(C)(C)C)cc2NC(=O)Nc2ccc(Oc3ccnc(C(N)=O)c3)c(F)c2)c1. The largest absolute Gasteiger partial charge is 0.497 e. The number of carbonyl (C=O) groups excluding carboxylic acids is 4. The fourth-order valence-corrected chi connectivity index (χ4v) is 7.22. The van der Waals surface area contributed by atoms with Crippen LogP contribution in [-0.2, 0) is 10.8 Å². The molecule has 77 heavy (non-hydrogen) atoms. The molecule has 0 saturated carbocycles. The molecule has 0 aliphatic heterocycles. The average Bonchev–Trinajstić information content (AvgIpc) is 4.04. The number of primary amides is 1. The minimum Gasteiger partial charge on any atom is -0.497 e. The van der Waals surface area contributed by atoms with Gasteiger partial charge in [0.05, 0.1) is 42.7 Å². The molecule has 8 aromatic rings. The lowest BCUT2D eigenvalue weighted by Gasteiger charge is -2.14. The number of nitrogens with zero attached hydrogens (tertiary/aromatic N) is 6. The van der Waals surface area contributed by atoms with Crippen LogP contribution in [0.2, 0.25) is 0 Å². The van der Waals surface area contributed by atoms with E-state index in [0.717, 1.165) is 28.7 Å². The van der Waals surface area contributed by atoms with E-state index in [1.807, 2.05) is 76.2 Å². The number of carbonyl (C=O) groups is 4. The summed E-state index contributed by atoms with van der Waals surface area (Å²) in [6, 6.07) is 32.7. The Kier molecular flexibility index (Phi) is 16.9. The lowest BCUT2D eigenvalue weighted by Crippen LogP contribution is -2.21. The predicted molar refractivity (Wildman–Crippen MR) is 291 cm³/mol. The van der Waals surface area contributed by atoms with E-state index in [4.69, 9.17) is 29.8 Å². The number of ether oxygens (including phenoxy) is 4. The van der Waals surface area contributed by atoms with Crippen molar-refractivity contribution in [1.29, 1.82) is 0 Å². The molecule has 0 fully saturated rings. The Balaban J connectivity index is 0.000000224. The van der Waals surface area contributed by atoms with Gasteiger partial charge in [0.1, 0.15) is 51.8 Å². The van der Waals surface area contributed by atoms with E-state index in [1.54, 1.807) is 52.9 Å². The quantitative estimate of drug-likeness (QED) is 0.0595. The lowest BCUT2D eigenvalue weighted by atomic mass is 9.92. The summed E-state index contributed by atoms with van der Waals surface area (Å²) < 4.78 is 40.3. The van der Waals surface area contributed by atoms with Crippen molar-refractivity contribution in [3.05, 3.63) is 168 Å².